The van der Waals surface area contributed by atoms with Crippen molar-refractivity contribution >= 4 is 17.9 Å². The van der Waals surface area contributed by atoms with E-state index in [-0.39, 0.29) is 11.8 Å². The highest BCUT2D eigenvalue weighted by atomic mass is 16.3. The Bertz CT molecular complexity index is 539. The largest absolute Gasteiger partial charge is 0.465 e. The van der Waals surface area contributed by atoms with Crippen molar-refractivity contribution in [3.8, 4) is 0 Å². The maximum atomic E-state index is 12.9. The molecule has 1 aromatic rings. The standard InChI is InChI=1S/C18H26N2O3/c1-3-20(4-2)17(22)18(12-6-5-7-13-18)19-16(21)11-10-15-9-8-14-23-15/h8-11,14H,3-7,12-13H2,1-2H3,(H,19,21)/b11-10+. The molecule has 0 radical (unpaired) electrons. The molecule has 1 aliphatic rings. The molecule has 0 spiro atoms. The van der Waals surface area contributed by atoms with Gasteiger partial charge in [-0.05, 0) is 44.9 Å². The molecule has 1 heterocycles. The molecule has 1 fully saturated rings. The number of nitrogens with zero attached hydrogens (tertiary/aromatic N) is 1. The van der Waals surface area contributed by atoms with Gasteiger partial charge in [-0.2, -0.15) is 0 Å². The van der Waals surface area contributed by atoms with E-state index in [0.29, 0.717) is 31.7 Å². The number of rotatable bonds is 6. The lowest BCUT2D eigenvalue weighted by Crippen LogP contribution is -2.60. The lowest BCUT2D eigenvalue weighted by Gasteiger charge is -2.39. The normalized spacial score (nSPS) is 17.1. The fraction of sp³-hybridized carbons (Fsp3) is 0.556. The molecule has 1 N–H and O–H groups in total. The van der Waals surface area contributed by atoms with Crippen LogP contribution < -0.4 is 5.32 Å². The summed E-state index contributed by atoms with van der Waals surface area (Å²) in [5, 5.41) is 2.99. The first kappa shape index (κ1) is 17.3. The maximum Gasteiger partial charge on any atom is 0.248 e. The number of likely N-dealkylation sites (N-methyl/N-ethyl adjacent to an activating group) is 1. The quantitative estimate of drug-likeness (QED) is 0.820. The van der Waals surface area contributed by atoms with Crippen LogP contribution in [0.3, 0.4) is 0 Å². The van der Waals surface area contributed by atoms with Crippen molar-refractivity contribution in [1.82, 2.24) is 10.2 Å². The van der Waals surface area contributed by atoms with Crippen LogP contribution in [0, 0.1) is 0 Å². The zero-order chi connectivity index (χ0) is 16.7. The molecule has 1 aromatic heterocycles. The molecule has 0 aliphatic heterocycles. The third kappa shape index (κ3) is 4.24. The van der Waals surface area contributed by atoms with Gasteiger partial charge >= 0.3 is 0 Å². The Morgan fingerprint density at radius 1 is 1.26 bits per heavy atom. The summed E-state index contributed by atoms with van der Waals surface area (Å²) < 4.78 is 5.18. The van der Waals surface area contributed by atoms with E-state index >= 15 is 0 Å². The topological polar surface area (TPSA) is 62.6 Å². The van der Waals surface area contributed by atoms with Gasteiger partial charge in [0.2, 0.25) is 11.8 Å². The Morgan fingerprint density at radius 2 is 1.96 bits per heavy atom. The van der Waals surface area contributed by atoms with E-state index in [0.717, 1.165) is 19.3 Å². The minimum absolute atomic E-state index is 0.0435. The van der Waals surface area contributed by atoms with Crippen molar-refractivity contribution in [2.75, 3.05) is 13.1 Å². The van der Waals surface area contributed by atoms with Gasteiger partial charge < -0.3 is 14.6 Å². The molecule has 5 heteroatoms. The van der Waals surface area contributed by atoms with Crippen molar-refractivity contribution in [2.45, 2.75) is 51.5 Å². The summed E-state index contributed by atoms with van der Waals surface area (Å²) in [5.41, 5.74) is -0.755. The molecule has 0 aromatic carbocycles. The first-order valence-corrected chi connectivity index (χ1v) is 8.44. The van der Waals surface area contributed by atoms with Crippen LogP contribution in [0.1, 0.15) is 51.7 Å². The van der Waals surface area contributed by atoms with E-state index < -0.39 is 5.54 Å². The molecular formula is C18H26N2O3. The van der Waals surface area contributed by atoms with Crippen LogP contribution in [-0.4, -0.2) is 35.3 Å². The third-order valence-corrected chi connectivity index (χ3v) is 4.47. The van der Waals surface area contributed by atoms with Gasteiger partial charge in [-0.25, -0.2) is 0 Å². The molecule has 0 unspecified atom stereocenters. The highest BCUT2D eigenvalue weighted by molar-refractivity contribution is 5.97. The van der Waals surface area contributed by atoms with Gasteiger partial charge in [-0.3, -0.25) is 9.59 Å². The number of amides is 2. The minimum Gasteiger partial charge on any atom is -0.465 e. The average molecular weight is 318 g/mol. The van der Waals surface area contributed by atoms with Crippen LogP contribution in [0.15, 0.2) is 28.9 Å². The molecule has 2 amide bonds. The maximum absolute atomic E-state index is 12.9. The zero-order valence-electron chi connectivity index (χ0n) is 14.0. The van der Waals surface area contributed by atoms with Crippen molar-refractivity contribution in [3.05, 3.63) is 30.2 Å². The summed E-state index contributed by atoms with van der Waals surface area (Å²) in [7, 11) is 0. The van der Waals surface area contributed by atoms with Crippen LogP contribution in [0.5, 0.6) is 0 Å². The van der Waals surface area contributed by atoms with Crippen molar-refractivity contribution in [1.29, 1.82) is 0 Å². The summed E-state index contributed by atoms with van der Waals surface area (Å²) in [5.74, 6) is 0.415. The van der Waals surface area contributed by atoms with Crippen molar-refractivity contribution < 1.29 is 14.0 Å². The summed E-state index contributed by atoms with van der Waals surface area (Å²) >= 11 is 0. The van der Waals surface area contributed by atoms with E-state index in [1.807, 2.05) is 18.7 Å². The summed E-state index contributed by atoms with van der Waals surface area (Å²) in [6.07, 6.45) is 9.09. The molecular weight excluding hydrogens is 292 g/mol. The molecule has 23 heavy (non-hydrogen) atoms. The van der Waals surface area contributed by atoms with Crippen LogP contribution in [-0.2, 0) is 9.59 Å². The fourth-order valence-corrected chi connectivity index (χ4v) is 3.18. The predicted molar refractivity (Wildman–Crippen MR) is 89.6 cm³/mol. The number of nitrogens with one attached hydrogen (secondary N) is 1. The van der Waals surface area contributed by atoms with E-state index in [9.17, 15) is 9.59 Å². The first-order chi connectivity index (χ1) is 11.1. The fourth-order valence-electron chi connectivity index (χ4n) is 3.18. The van der Waals surface area contributed by atoms with Gasteiger partial charge in [0.15, 0.2) is 0 Å². The van der Waals surface area contributed by atoms with Crippen LogP contribution >= 0.6 is 0 Å². The SMILES string of the molecule is CCN(CC)C(=O)C1(NC(=O)/C=C/c2ccco2)CCCCC1. The van der Waals surface area contributed by atoms with Gasteiger partial charge in [-0.1, -0.05) is 19.3 Å². The second-order valence-corrected chi connectivity index (χ2v) is 5.96. The molecule has 1 saturated carbocycles. The van der Waals surface area contributed by atoms with Gasteiger partial charge in [0.05, 0.1) is 6.26 Å². The number of hydrogen-bond acceptors (Lipinski definition) is 3. The Balaban J connectivity index is 2.11. The van der Waals surface area contributed by atoms with Gasteiger partial charge in [0.25, 0.3) is 0 Å². The van der Waals surface area contributed by atoms with Gasteiger partial charge in [-0.15, -0.1) is 0 Å². The van der Waals surface area contributed by atoms with Gasteiger partial charge in [0, 0.05) is 19.2 Å². The summed E-state index contributed by atoms with van der Waals surface area (Å²) in [6.45, 7) is 5.26. The molecule has 0 saturated heterocycles. The second kappa shape index (κ2) is 7.99. The second-order valence-electron chi connectivity index (χ2n) is 5.96. The zero-order valence-corrected chi connectivity index (χ0v) is 14.0. The highest BCUT2D eigenvalue weighted by Crippen LogP contribution is 2.30. The Hall–Kier alpha value is -2.04. The van der Waals surface area contributed by atoms with Gasteiger partial charge in [0.1, 0.15) is 11.3 Å². The number of hydrogen-bond donors (Lipinski definition) is 1. The van der Waals surface area contributed by atoms with Crippen molar-refractivity contribution in [3.63, 3.8) is 0 Å². The molecule has 126 valence electrons. The van der Waals surface area contributed by atoms with E-state index in [2.05, 4.69) is 5.32 Å². The molecule has 0 bridgehead atoms. The minimum atomic E-state index is -0.755. The number of carbonyl (C=O) groups is 2. The van der Waals surface area contributed by atoms with Crippen molar-refractivity contribution in [2.24, 2.45) is 0 Å². The predicted octanol–water partition coefficient (Wildman–Crippen LogP) is 2.98. The van der Waals surface area contributed by atoms with E-state index in [1.54, 1.807) is 24.5 Å². The molecule has 1 aliphatic carbocycles. The average Bonchev–Trinajstić information content (AvgIpc) is 3.08. The monoisotopic (exact) mass is 318 g/mol. The highest BCUT2D eigenvalue weighted by Gasteiger charge is 2.42. The number of furan rings is 1. The summed E-state index contributed by atoms with van der Waals surface area (Å²) in [6, 6.07) is 3.55. The summed E-state index contributed by atoms with van der Waals surface area (Å²) in [4.78, 5) is 27.0. The molecule has 2 rings (SSSR count). The Kier molecular flexibility index (Phi) is 6.02. The van der Waals surface area contributed by atoms with E-state index in [4.69, 9.17) is 4.42 Å². The van der Waals surface area contributed by atoms with Crippen LogP contribution in [0.4, 0.5) is 0 Å². The third-order valence-electron chi connectivity index (χ3n) is 4.47. The van der Waals surface area contributed by atoms with Crippen LogP contribution in [0.2, 0.25) is 0 Å². The number of carbonyl (C=O) groups excluding carboxylic acids is 2. The Morgan fingerprint density at radius 3 is 2.52 bits per heavy atom. The van der Waals surface area contributed by atoms with E-state index in [1.165, 1.54) is 6.08 Å². The molecule has 0 atom stereocenters. The molecule has 5 nitrogen and oxygen atoms in total. The Labute approximate surface area is 137 Å². The van der Waals surface area contributed by atoms with Crippen LogP contribution in [0.25, 0.3) is 6.08 Å². The lowest BCUT2D eigenvalue weighted by molar-refractivity contribution is -0.142. The smallest absolute Gasteiger partial charge is 0.248 e. The lowest BCUT2D eigenvalue weighted by atomic mass is 9.80. The first-order valence-electron chi connectivity index (χ1n) is 8.44.